The van der Waals surface area contributed by atoms with Crippen molar-refractivity contribution in [3.05, 3.63) is 53.1 Å². The molecule has 2 aromatic carbocycles. The molecule has 0 aliphatic carbocycles. The van der Waals surface area contributed by atoms with Gasteiger partial charge in [0.25, 0.3) is 0 Å². The largest absolute Gasteiger partial charge is 0.508 e. The van der Waals surface area contributed by atoms with E-state index in [1.165, 1.54) is 0 Å². The molecule has 0 aliphatic rings. The van der Waals surface area contributed by atoms with Crippen LogP contribution < -0.4 is 10.1 Å². The van der Waals surface area contributed by atoms with Gasteiger partial charge < -0.3 is 15.2 Å². The van der Waals surface area contributed by atoms with E-state index in [2.05, 4.69) is 31.3 Å². The first-order chi connectivity index (χ1) is 9.52. The molecule has 0 aliphatic heterocycles. The molecule has 20 heavy (non-hydrogen) atoms. The van der Waals surface area contributed by atoms with Crippen LogP contribution in [0.2, 0.25) is 0 Å². The minimum absolute atomic E-state index is 0.154. The maximum atomic E-state index is 9.33. The molecule has 1 unspecified atom stereocenters. The Hall–Kier alpha value is -2.16. The van der Waals surface area contributed by atoms with Crippen molar-refractivity contribution >= 4 is 5.69 Å². The summed E-state index contributed by atoms with van der Waals surface area (Å²) < 4.78 is 5.45. The lowest BCUT2D eigenvalue weighted by Crippen LogP contribution is -2.08. The third-order valence-corrected chi connectivity index (χ3v) is 3.57. The number of ether oxygens (including phenoxy) is 1. The summed E-state index contributed by atoms with van der Waals surface area (Å²) in [5.41, 5.74) is 4.43. The van der Waals surface area contributed by atoms with Gasteiger partial charge in [-0.3, -0.25) is 0 Å². The number of nitrogens with one attached hydrogen (secondary N) is 1. The average Bonchev–Trinajstić information content (AvgIpc) is 2.43. The minimum atomic E-state index is 0.154. The smallest absolute Gasteiger partial charge is 0.126 e. The molecule has 0 saturated heterocycles. The van der Waals surface area contributed by atoms with Gasteiger partial charge in [-0.25, -0.2) is 0 Å². The summed E-state index contributed by atoms with van der Waals surface area (Å²) in [6.45, 7) is 6.19. The van der Waals surface area contributed by atoms with E-state index in [0.29, 0.717) is 0 Å². The first-order valence-corrected chi connectivity index (χ1v) is 6.72. The number of phenolic OH excluding ortho intramolecular Hbond substituents is 1. The Morgan fingerprint density at radius 3 is 2.30 bits per heavy atom. The molecule has 0 amide bonds. The molecular weight excluding hydrogens is 250 g/mol. The van der Waals surface area contributed by atoms with Crippen molar-refractivity contribution in [1.82, 2.24) is 0 Å². The Morgan fingerprint density at radius 2 is 1.70 bits per heavy atom. The van der Waals surface area contributed by atoms with Gasteiger partial charge in [0, 0.05) is 17.3 Å². The lowest BCUT2D eigenvalue weighted by Gasteiger charge is -2.19. The van der Waals surface area contributed by atoms with Crippen LogP contribution in [0, 0.1) is 13.8 Å². The quantitative estimate of drug-likeness (QED) is 0.876. The maximum absolute atomic E-state index is 9.33. The van der Waals surface area contributed by atoms with Gasteiger partial charge in [-0.2, -0.15) is 0 Å². The van der Waals surface area contributed by atoms with E-state index in [1.54, 1.807) is 19.2 Å². The normalized spacial score (nSPS) is 12.0. The van der Waals surface area contributed by atoms with Crippen LogP contribution in [0.25, 0.3) is 0 Å². The van der Waals surface area contributed by atoms with Crippen LogP contribution >= 0.6 is 0 Å². The third-order valence-electron chi connectivity index (χ3n) is 3.57. The van der Waals surface area contributed by atoms with Crippen molar-refractivity contribution in [2.75, 3.05) is 12.4 Å². The van der Waals surface area contributed by atoms with Gasteiger partial charge in [0.1, 0.15) is 11.5 Å². The summed E-state index contributed by atoms with van der Waals surface area (Å²) in [4.78, 5) is 0. The number of anilines is 1. The predicted octanol–water partition coefficient (Wildman–Crippen LogP) is 4.19. The zero-order valence-corrected chi connectivity index (χ0v) is 12.4. The van der Waals surface area contributed by atoms with Crippen molar-refractivity contribution < 1.29 is 9.84 Å². The van der Waals surface area contributed by atoms with E-state index in [9.17, 15) is 5.11 Å². The summed E-state index contributed by atoms with van der Waals surface area (Å²) >= 11 is 0. The second kappa shape index (κ2) is 5.87. The second-order valence-corrected chi connectivity index (χ2v) is 5.05. The molecule has 3 heteroatoms. The Kier molecular flexibility index (Phi) is 4.18. The van der Waals surface area contributed by atoms with Crippen molar-refractivity contribution in [2.45, 2.75) is 26.8 Å². The van der Waals surface area contributed by atoms with Gasteiger partial charge in [0.05, 0.1) is 7.11 Å². The minimum Gasteiger partial charge on any atom is -0.508 e. The standard InChI is InChI=1S/C17H21NO2/c1-11-5-10-16(12(2)17(11)20-4)18-13(3)14-6-8-15(19)9-7-14/h5-10,13,18-19H,1-4H3. The van der Waals surface area contributed by atoms with Crippen molar-refractivity contribution in [1.29, 1.82) is 0 Å². The Labute approximate surface area is 120 Å². The van der Waals surface area contributed by atoms with E-state index in [-0.39, 0.29) is 11.8 Å². The molecule has 0 bridgehead atoms. The number of aromatic hydroxyl groups is 1. The molecule has 2 aromatic rings. The molecule has 2 rings (SSSR count). The first-order valence-electron chi connectivity index (χ1n) is 6.72. The van der Waals surface area contributed by atoms with Crippen LogP contribution in [0.15, 0.2) is 36.4 Å². The molecule has 106 valence electrons. The van der Waals surface area contributed by atoms with Gasteiger partial charge in [-0.05, 0) is 50.1 Å². The SMILES string of the molecule is COc1c(C)ccc(NC(C)c2ccc(O)cc2)c1C. The molecule has 0 saturated carbocycles. The van der Waals surface area contributed by atoms with Gasteiger partial charge in [0.15, 0.2) is 0 Å². The highest BCUT2D eigenvalue weighted by molar-refractivity contribution is 5.60. The topological polar surface area (TPSA) is 41.5 Å². The van der Waals surface area contributed by atoms with E-state index in [1.807, 2.05) is 19.1 Å². The Morgan fingerprint density at radius 1 is 1.05 bits per heavy atom. The van der Waals surface area contributed by atoms with Crippen LogP contribution in [0.1, 0.15) is 29.7 Å². The van der Waals surface area contributed by atoms with Gasteiger partial charge in [-0.1, -0.05) is 18.2 Å². The average molecular weight is 271 g/mol. The van der Waals surface area contributed by atoms with Crippen molar-refractivity contribution in [2.24, 2.45) is 0 Å². The highest BCUT2D eigenvalue weighted by Gasteiger charge is 2.11. The van der Waals surface area contributed by atoms with Crippen LogP contribution in [0.4, 0.5) is 5.69 Å². The molecule has 0 spiro atoms. The van der Waals surface area contributed by atoms with Crippen LogP contribution in [0.5, 0.6) is 11.5 Å². The molecule has 0 aromatic heterocycles. The number of hydrogen-bond acceptors (Lipinski definition) is 3. The molecule has 2 N–H and O–H groups in total. The van der Waals surface area contributed by atoms with Crippen LogP contribution in [0.3, 0.4) is 0 Å². The third kappa shape index (κ3) is 2.87. The number of benzene rings is 2. The van der Waals surface area contributed by atoms with E-state index >= 15 is 0 Å². The molecular formula is C17H21NO2. The summed E-state index contributed by atoms with van der Waals surface area (Å²) in [7, 11) is 1.70. The summed E-state index contributed by atoms with van der Waals surface area (Å²) in [5.74, 6) is 1.21. The molecule has 1 atom stereocenters. The maximum Gasteiger partial charge on any atom is 0.126 e. The fourth-order valence-corrected chi connectivity index (χ4v) is 2.38. The predicted molar refractivity (Wildman–Crippen MR) is 82.6 cm³/mol. The zero-order chi connectivity index (χ0) is 14.7. The van der Waals surface area contributed by atoms with Crippen LogP contribution in [-0.4, -0.2) is 12.2 Å². The highest BCUT2D eigenvalue weighted by Crippen LogP contribution is 2.31. The summed E-state index contributed by atoms with van der Waals surface area (Å²) in [5, 5.41) is 12.8. The summed E-state index contributed by atoms with van der Waals surface area (Å²) in [6.07, 6.45) is 0. The number of phenols is 1. The molecule has 0 fully saturated rings. The number of aryl methyl sites for hydroxylation is 1. The Bertz CT molecular complexity index is 591. The molecule has 0 heterocycles. The van der Waals surface area contributed by atoms with Gasteiger partial charge >= 0.3 is 0 Å². The van der Waals surface area contributed by atoms with E-state index in [4.69, 9.17) is 4.74 Å². The van der Waals surface area contributed by atoms with Crippen LogP contribution in [-0.2, 0) is 0 Å². The van der Waals surface area contributed by atoms with E-state index in [0.717, 1.165) is 28.1 Å². The van der Waals surface area contributed by atoms with Crippen molar-refractivity contribution in [3.63, 3.8) is 0 Å². The first kappa shape index (κ1) is 14.3. The summed E-state index contributed by atoms with van der Waals surface area (Å²) in [6, 6.07) is 11.5. The van der Waals surface area contributed by atoms with Crippen molar-refractivity contribution in [3.8, 4) is 11.5 Å². The monoisotopic (exact) mass is 271 g/mol. The fraction of sp³-hybridized carbons (Fsp3) is 0.294. The van der Waals surface area contributed by atoms with E-state index < -0.39 is 0 Å². The van der Waals surface area contributed by atoms with Gasteiger partial charge in [0.2, 0.25) is 0 Å². The number of hydrogen-bond donors (Lipinski definition) is 2. The Balaban J connectivity index is 2.23. The molecule has 0 radical (unpaired) electrons. The number of methoxy groups -OCH3 is 1. The van der Waals surface area contributed by atoms with Gasteiger partial charge in [-0.15, -0.1) is 0 Å². The molecule has 3 nitrogen and oxygen atoms in total. The second-order valence-electron chi connectivity index (χ2n) is 5.05. The zero-order valence-electron chi connectivity index (χ0n) is 12.4. The fourth-order valence-electron chi connectivity index (χ4n) is 2.38. The lowest BCUT2D eigenvalue weighted by molar-refractivity contribution is 0.409. The number of rotatable bonds is 4. The lowest BCUT2D eigenvalue weighted by atomic mass is 10.1. The highest BCUT2D eigenvalue weighted by atomic mass is 16.5.